The number of hydrogen-bond acceptors (Lipinski definition) is 3. The van der Waals surface area contributed by atoms with Crippen LogP contribution in [0.2, 0.25) is 5.02 Å². The minimum absolute atomic E-state index is 0.258. The van der Waals surface area contributed by atoms with Gasteiger partial charge in [0, 0.05) is 10.7 Å². The maximum absolute atomic E-state index is 13.4. The van der Waals surface area contributed by atoms with Crippen LogP contribution in [-0.2, 0) is 9.59 Å². The minimum atomic E-state index is -0.380. The molecule has 1 aliphatic rings. The highest BCUT2D eigenvalue weighted by Gasteiger charge is 2.40. The molecule has 0 fully saturated rings. The third-order valence-electron chi connectivity index (χ3n) is 4.97. The molecule has 0 saturated heterocycles. The lowest BCUT2D eigenvalue weighted by molar-refractivity contribution is -0.120. The van der Waals surface area contributed by atoms with Gasteiger partial charge in [0.05, 0.1) is 11.3 Å². The molecule has 0 bridgehead atoms. The number of amides is 2. The molecule has 1 N–H and O–H groups in total. The lowest BCUT2D eigenvalue weighted by Crippen LogP contribution is -2.32. The predicted molar refractivity (Wildman–Crippen MR) is 122 cm³/mol. The average molecular weight is 417 g/mol. The Morgan fingerprint density at radius 2 is 1.43 bits per heavy atom. The number of anilines is 2. The number of aryl methyl sites for hydroxylation is 3. The summed E-state index contributed by atoms with van der Waals surface area (Å²) in [6.45, 7) is 5.91. The predicted octanol–water partition coefficient (Wildman–Crippen LogP) is 5.66. The molecular weight excluding hydrogens is 396 g/mol. The van der Waals surface area contributed by atoms with Gasteiger partial charge in [-0.3, -0.25) is 9.59 Å². The highest BCUT2D eigenvalue weighted by atomic mass is 35.5. The highest BCUT2D eigenvalue weighted by Crippen LogP contribution is 2.34. The molecule has 0 saturated carbocycles. The van der Waals surface area contributed by atoms with Gasteiger partial charge in [-0.25, -0.2) is 4.90 Å². The van der Waals surface area contributed by atoms with Crippen LogP contribution in [-0.4, -0.2) is 11.8 Å². The molecular formula is C25H21ClN2O2. The van der Waals surface area contributed by atoms with E-state index in [0.717, 1.165) is 22.4 Å². The van der Waals surface area contributed by atoms with Crippen LogP contribution in [0.1, 0.15) is 22.3 Å². The summed E-state index contributed by atoms with van der Waals surface area (Å²) >= 11 is 6.03. The minimum Gasteiger partial charge on any atom is -0.350 e. The zero-order valence-corrected chi connectivity index (χ0v) is 17.7. The Balaban J connectivity index is 1.84. The quantitative estimate of drug-likeness (QED) is 0.558. The van der Waals surface area contributed by atoms with Crippen molar-refractivity contribution in [3.63, 3.8) is 0 Å². The summed E-state index contributed by atoms with van der Waals surface area (Å²) in [7, 11) is 0. The molecule has 1 heterocycles. The number of nitrogens with zero attached hydrogens (tertiary/aromatic N) is 1. The number of nitrogens with one attached hydrogen (secondary N) is 1. The molecule has 4 rings (SSSR count). The standard InChI is InChI=1S/C25H21ClN2O2/c1-15-5-4-6-21(14-15)28-24(29)22(18-7-9-19(26)10-8-18)23(25(28)30)27-20-12-16(2)11-17(3)13-20/h4-14,27H,1-3H3. The molecule has 4 nitrogen and oxygen atoms in total. The summed E-state index contributed by atoms with van der Waals surface area (Å²) in [5.74, 6) is -0.741. The zero-order valence-electron chi connectivity index (χ0n) is 17.0. The molecule has 0 aliphatic carbocycles. The van der Waals surface area contributed by atoms with E-state index >= 15 is 0 Å². The van der Waals surface area contributed by atoms with Gasteiger partial charge in [-0.05, 0) is 79.4 Å². The van der Waals surface area contributed by atoms with E-state index < -0.39 is 0 Å². The molecule has 0 unspecified atom stereocenters. The first-order valence-corrected chi connectivity index (χ1v) is 10.0. The molecule has 0 atom stereocenters. The molecule has 0 spiro atoms. The van der Waals surface area contributed by atoms with Crippen LogP contribution in [0.3, 0.4) is 0 Å². The lowest BCUT2D eigenvalue weighted by Gasteiger charge is -2.16. The Kier molecular flexibility index (Phi) is 5.18. The molecule has 150 valence electrons. The van der Waals surface area contributed by atoms with Gasteiger partial charge in [0.2, 0.25) is 0 Å². The lowest BCUT2D eigenvalue weighted by atomic mass is 10.0. The summed E-state index contributed by atoms with van der Waals surface area (Å²) in [5, 5.41) is 3.78. The molecule has 3 aromatic carbocycles. The largest absolute Gasteiger partial charge is 0.350 e. The van der Waals surface area contributed by atoms with Crippen LogP contribution < -0.4 is 10.2 Å². The number of benzene rings is 3. The van der Waals surface area contributed by atoms with Gasteiger partial charge in [-0.15, -0.1) is 0 Å². The monoisotopic (exact) mass is 416 g/mol. The summed E-state index contributed by atoms with van der Waals surface area (Å²) in [4.78, 5) is 28.1. The second-order valence-electron chi connectivity index (χ2n) is 7.54. The van der Waals surface area contributed by atoms with Gasteiger partial charge < -0.3 is 5.32 Å². The summed E-state index contributed by atoms with van der Waals surface area (Å²) in [6.07, 6.45) is 0. The first-order valence-electron chi connectivity index (χ1n) is 9.64. The second kappa shape index (κ2) is 7.81. The summed E-state index contributed by atoms with van der Waals surface area (Å²) < 4.78 is 0. The Morgan fingerprint density at radius 3 is 2.07 bits per heavy atom. The van der Waals surface area contributed by atoms with Crippen molar-refractivity contribution in [1.82, 2.24) is 0 Å². The smallest absolute Gasteiger partial charge is 0.282 e. The number of carbonyl (C=O) groups is 2. The summed E-state index contributed by atoms with van der Waals surface area (Å²) in [5.41, 5.74) is 5.65. The number of hydrogen-bond donors (Lipinski definition) is 1. The SMILES string of the molecule is Cc1cc(C)cc(NC2=C(c3ccc(Cl)cc3)C(=O)N(c3cccc(C)c3)C2=O)c1. The maximum Gasteiger partial charge on any atom is 0.282 e. The van der Waals surface area contributed by atoms with Crippen molar-refractivity contribution in [1.29, 1.82) is 0 Å². The number of carbonyl (C=O) groups excluding carboxylic acids is 2. The van der Waals surface area contributed by atoms with Crippen molar-refractivity contribution in [2.75, 3.05) is 10.2 Å². The Morgan fingerprint density at radius 1 is 0.767 bits per heavy atom. The molecule has 3 aromatic rings. The second-order valence-corrected chi connectivity index (χ2v) is 7.98. The van der Waals surface area contributed by atoms with E-state index in [2.05, 4.69) is 11.4 Å². The first-order chi connectivity index (χ1) is 14.3. The Bertz CT molecular complexity index is 1180. The molecule has 2 amide bonds. The van der Waals surface area contributed by atoms with Gasteiger partial charge in [0.15, 0.2) is 0 Å². The molecule has 30 heavy (non-hydrogen) atoms. The van der Waals surface area contributed by atoms with Crippen molar-refractivity contribution in [2.24, 2.45) is 0 Å². The van der Waals surface area contributed by atoms with Crippen LogP contribution in [0.25, 0.3) is 5.57 Å². The van der Waals surface area contributed by atoms with Gasteiger partial charge >= 0.3 is 0 Å². The fourth-order valence-electron chi connectivity index (χ4n) is 3.72. The van der Waals surface area contributed by atoms with Crippen molar-refractivity contribution >= 4 is 40.4 Å². The number of rotatable bonds is 4. The number of imide groups is 1. The van der Waals surface area contributed by atoms with Crippen molar-refractivity contribution in [3.8, 4) is 0 Å². The van der Waals surface area contributed by atoms with Crippen LogP contribution in [0.5, 0.6) is 0 Å². The van der Waals surface area contributed by atoms with E-state index in [0.29, 0.717) is 21.8 Å². The Hall–Kier alpha value is -3.37. The van der Waals surface area contributed by atoms with Crippen molar-refractivity contribution in [2.45, 2.75) is 20.8 Å². The average Bonchev–Trinajstić information content (AvgIpc) is 2.92. The van der Waals surface area contributed by atoms with E-state index in [1.54, 1.807) is 30.3 Å². The van der Waals surface area contributed by atoms with Gasteiger partial charge in [0.25, 0.3) is 11.8 Å². The highest BCUT2D eigenvalue weighted by molar-refractivity contribution is 6.46. The van der Waals surface area contributed by atoms with Crippen LogP contribution >= 0.6 is 11.6 Å². The fraction of sp³-hybridized carbons (Fsp3) is 0.120. The Labute approximate surface area is 180 Å². The van der Waals surface area contributed by atoms with Crippen molar-refractivity contribution < 1.29 is 9.59 Å². The van der Waals surface area contributed by atoms with E-state index in [1.807, 2.05) is 51.1 Å². The van der Waals surface area contributed by atoms with Gasteiger partial charge in [-0.1, -0.05) is 41.9 Å². The molecule has 0 aromatic heterocycles. The summed E-state index contributed by atoms with van der Waals surface area (Å²) in [6, 6.07) is 20.3. The maximum atomic E-state index is 13.4. The van der Waals surface area contributed by atoms with E-state index in [9.17, 15) is 9.59 Å². The third kappa shape index (κ3) is 3.74. The topological polar surface area (TPSA) is 49.4 Å². The van der Waals surface area contributed by atoms with E-state index in [1.165, 1.54) is 4.90 Å². The van der Waals surface area contributed by atoms with Gasteiger partial charge in [-0.2, -0.15) is 0 Å². The van der Waals surface area contributed by atoms with Crippen LogP contribution in [0, 0.1) is 20.8 Å². The van der Waals surface area contributed by atoms with E-state index in [4.69, 9.17) is 11.6 Å². The van der Waals surface area contributed by atoms with E-state index in [-0.39, 0.29) is 17.5 Å². The molecule has 5 heteroatoms. The van der Waals surface area contributed by atoms with Crippen LogP contribution in [0.15, 0.2) is 72.4 Å². The fourth-order valence-corrected chi connectivity index (χ4v) is 3.85. The van der Waals surface area contributed by atoms with Gasteiger partial charge in [0.1, 0.15) is 5.70 Å². The number of halogens is 1. The van der Waals surface area contributed by atoms with Crippen LogP contribution in [0.4, 0.5) is 11.4 Å². The van der Waals surface area contributed by atoms with Crippen molar-refractivity contribution in [3.05, 3.63) is 99.7 Å². The normalized spacial score (nSPS) is 13.9. The first kappa shape index (κ1) is 19.9. The molecule has 0 radical (unpaired) electrons. The zero-order chi connectivity index (χ0) is 21.4. The third-order valence-corrected chi connectivity index (χ3v) is 5.22. The molecule has 1 aliphatic heterocycles.